The molecule has 94 valence electrons. The molecule has 0 aliphatic heterocycles. The normalized spacial score (nSPS) is 14.0. The Morgan fingerprint density at radius 2 is 2.24 bits per heavy atom. The second kappa shape index (κ2) is 6.39. The van der Waals surface area contributed by atoms with Gasteiger partial charge in [0.25, 0.3) is 0 Å². The van der Waals surface area contributed by atoms with Crippen LogP contribution in [0.2, 0.25) is 0 Å². The number of hydrogen-bond donors (Lipinski definition) is 2. The average molecular weight is 254 g/mol. The number of benzene rings is 1. The van der Waals surface area contributed by atoms with Crippen LogP contribution in [0.3, 0.4) is 0 Å². The van der Waals surface area contributed by atoms with Gasteiger partial charge in [0.2, 0.25) is 5.91 Å². The summed E-state index contributed by atoms with van der Waals surface area (Å²) in [4.78, 5) is 11.8. The maximum atomic E-state index is 11.8. The maximum absolute atomic E-state index is 11.8. The Morgan fingerprint density at radius 3 is 2.82 bits per heavy atom. The highest BCUT2D eigenvalue weighted by Crippen LogP contribution is 2.12. The van der Waals surface area contributed by atoms with Crippen molar-refractivity contribution in [3.63, 3.8) is 0 Å². The lowest BCUT2D eigenvalue weighted by Crippen LogP contribution is -2.30. The van der Waals surface area contributed by atoms with Gasteiger partial charge in [0.15, 0.2) is 0 Å². The van der Waals surface area contributed by atoms with Crippen LogP contribution in [0, 0.1) is 0 Å². The minimum Gasteiger partial charge on any atom is -0.399 e. The predicted octanol–water partition coefficient (Wildman–Crippen LogP) is 1.75. The average Bonchev–Trinajstić information content (AvgIpc) is 2.28. The summed E-state index contributed by atoms with van der Waals surface area (Å²) in [6.07, 6.45) is 0.808. The summed E-state index contributed by atoms with van der Waals surface area (Å²) in [6, 6.07) is 6.93. The van der Waals surface area contributed by atoms with E-state index in [0.29, 0.717) is 17.1 Å². The molecule has 0 saturated heterocycles. The highest BCUT2D eigenvalue weighted by atomic mass is 32.2. The summed E-state index contributed by atoms with van der Waals surface area (Å²) in [5.41, 5.74) is 6.83. The number of carbonyl (C=O) groups excluding carboxylic acids is 1. The van der Waals surface area contributed by atoms with Gasteiger partial charge in [0, 0.05) is 27.9 Å². The summed E-state index contributed by atoms with van der Waals surface area (Å²) < 4.78 is 11.7. The van der Waals surface area contributed by atoms with E-state index in [0.717, 1.165) is 6.42 Å². The minimum atomic E-state index is -1.12. The lowest BCUT2D eigenvalue weighted by Gasteiger charge is -2.11. The lowest BCUT2D eigenvalue weighted by atomic mass is 10.3. The first kappa shape index (κ1) is 13.7. The van der Waals surface area contributed by atoms with E-state index in [1.54, 1.807) is 31.2 Å². The Labute approximate surface area is 104 Å². The van der Waals surface area contributed by atoms with Crippen molar-refractivity contribution in [2.45, 2.75) is 25.5 Å². The van der Waals surface area contributed by atoms with Gasteiger partial charge in [-0.15, -0.1) is 0 Å². The largest absolute Gasteiger partial charge is 0.399 e. The number of rotatable bonds is 5. The molecular weight excluding hydrogens is 236 g/mol. The molecule has 0 aromatic heterocycles. The summed E-state index contributed by atoms with van der Waals surface area (Å²) in [5.74, 6) is 0.313. The number of nitrogens with one attached hydrogen (secondary N) is 1. The van der Waals surface area contributed by atoms with Gasteiger partial charge in [-0.2, -0.15) is 0 Å². The Kier molecular flexibility index (Phi) is 5.15. The van der Waals surface area contributed by atoms with Gasteiger partial charge in [0.1, 0.15) is 5.25 Å². The van der Waals surface area contributed by atoms with Crippen LogP contribution < -0.4 is 11.1 Å². The second-order valence-electron chi connectivity index (χ2n) is 3.84. The standard InChI is InChI=1S/C12H18N2O2S/c1-3-7-17(16)9(2)12(15)14-11-6-4-5-10(13)8-11/h4-6,8-9H,3,7,13H2,1-2H3,(H,14,15). The molecule has 17 heavy (non-hydrogen) atoms. The predicted molar refractivity (Wildman–Crippen MR) is 72.2 cm³/mol. The van der Waals surface area contributed by atoms with Crippen molar-refractivity contribution in [3.8, 4) is 0 Å². The maximum Gasteiger partial charge on any atom is 0.239 e. The van der Waals surface area contributed by atoms with Crippen LogP contribution in [0.15, 0.2) is 24.3 Å². The number of nitrogen functional groups attached to an aromatic ring is 1. The van der Waals surface area contributed by atoms with Gasteiger partial charge < -0.3 is 11.1 Å². The van der Waals surface area contributed by atoms with Gasteiger partial charge >= 0.3 is 0 Å². The van der Waals surface area contributed by atoms with Gasteiger partial charge in [-0.1, -0.05) is 13.0 Å². The molecule has 1 aromatic rings. The molecule has 0 bridgehead atoms. The lowest BCUT2D eigenvalue weighted by molar-refractivity contribution is -0.115. The van der Waals surface area contributed by atoms with Crippen LogP contribution in [0.4, 0.5) is 11.4 Å². The minimum absolute atomic E-state index is 0.234. The quantitative estimate of drug-likeness (QED) is 0.786. The number of amides is 1. The van der Waals surface area contributed by atoms with Crippen LogP contribution in [0.25, 0.3) is 0 Å². The smallest absolute Gasteiger partial charge is 0.239 e. The zero-order chi connectivity index (χ0) is 12.8. The van der Waals surface area contributed by atoms with Crippen molar-refractivity contribution in [3.05, 3.63) is 24.3 Å². The van der Waals surface area contributed by atoms with E-state index in [2.05, 4.69) is 5.32 Å². The van der Waals surface area contributed by atoms with Crippen molar-refractivity contribution < 1.29 is 9.00 Å². The zero-order valence-corrected chi connectivity index (χ0v) is 10.9. The molecule has 4 nitrogen and oxygen atoms in total. The number of hydrogen-bond acceptors (Lipinski definition) is 3. The molecule has 1 amide bonds. The van der Waals surface area contributed by atoms with Crippen LogP contribution >= 0.6 is 0 Å². The van der Waals surface area contributed by atoms with E-state index < -0.39 is 16.0 Å². The van der Waals surface area contributed by atoms with Crippen molar-refractivity contribution in [2.24, 2.45) is 0 Å². The fourth-order valence-corrected chi connectivity index (χ4v) is 2.41. The van der Waals surface area contributed by atoms with E-state index in [1.807, 2.05) is 6.92 Å². The Morgan fingerprint density at radius 1 is 1.53 bits per heavy atom. The number of carbonyl (C=O) groups is 1. The van der Waals surface area contributed by atoms with Gasteiger partial charge in [-0.3, -0.25) is 9.00 Å². The van der Waals surface area contributed by atoms with Crippen LogP contribution in [0.5, 0.6) is 0 Å². The van der Waals surface area contributed by atoms with E-state index >= 15 is 0 Å². The summed E-state index contributed by atoms with van der Waals surface area (Å²) in [6.45, 7) is 3.62. The van der Waals surface area contributed by atoms with Crippen molar-refractivity contribution in [1.29, 1.82) is 0 Å². The topological polar surface area (TPSA) is 72.2 Å². The number of anilines is 2. The summed E-state index contributed by atoms with van der Waals surface area (Å²) in [5, 5.41) is 2.21. The first-order valence-electron chi connectivity index (χ1n) is 5.58. The first-order valence-corrected chi connectivity index (χ1v) is 6.96. The third kappa shape index (κ3) is 4.19. The van der Waals surface area contributed by atoms with Crippen LogP contribution in [0.1, 0.15) is 20.3 Å². The molecule has 2 atom stereocenters. The molecule has 0 saturated carbocycles. The highest BCUT2D eigenvalue weighted by molar-refractivity contribution is 7.86. The molecule has 5 heteroatoms. The summed E-state index contributed by atoms with van der Waals surface area (Å²) in [7, 11) is -1.12. The Balaban J connectivity index is 2.63. The molecule has 0 aliphatic carbocycles. The fourth-order valence-electron chi connectivity index (χ4n) is 1.36. The highest BCUT2D eigenvalue weighted by Gasteiger charge is 2.19. The number of nitrogens with two attached hydrogens (primary N) is 1. The molecule has 1 rings (SSSR count). The van der Waals surface area contributed by atoms with Gasteiger partial charge in [-0.25, -0.2) is 0 Å². The molecule has 0 heterocycles. The molecule has 0 radical (unpaired) electrons. The molecule has 1 aromatic carbocycles. The molecule has 2 unspecified atom stereocenters. The molecular formula is C12H18N2O2S. The van der Waals surface area contributed by atoms with Crippen molar-refractivity contribution in [1.82, 2.24) is 0 Å². The molecule has 0 fully saturated rings. The van der Waals surface area contributed by atoms with E-state index in [1.165, 1.54) is 0 Å². The molecule has 0 aliphatic rings. The van der Waals surface area contributed by atoms with E-state index in [9.17, 15) is 9.00 Å². The Bertz CT molecular complexity index is 421. The molecule has 3 N–H and O–H groups in total. The second-order valence-corrected chi connectivity index (χ2v) is 5.72. The van der Waals surface area contributed by atoms with E-state index in [4.69, 9.17) is 5.73 Å². The first-order chi connectivity index (χ1) is 8.04. The molecule has 0 spiro atoms. The van der Waals surface area contributed by atoms with Gasteiger partial charge in [0.05, 0.1) is 0 Å². The monoisotopic (exact) mass is 254 g/mol. The Hall–Kier alpha value is -1.36. The van der Waals surface area contributed by atoms with Crippen molar-refractivity contribution in [2.75, 3.05) is 16.8 Å². The summed E-state index contributed by atoms with van der Waals surface area (Å²) >= 11 is 0. The van der Waals surface area contributed by atoms with Crippen molar-refractivity contribution >= 4 is 28.1 Å². The SMILES string of the molecule is CCCS(=O)C(C)C(=O)Nc1cccc(N)c1. The van der Waals surface area contributed by atoms with Gasteiger partial charge in [-0.05, 0) is 31.5 Å². The van der Waals surface area contributed by atoms with Crippen LogP contribution in [-0.2, 0) is 15.6 Å². The van der Waals surface area contributed by atoms with Crippen LogP contribution in [-0.4, -0.2) is 21.1 Å². The zero-order valence-electron chi connectivity index (χ0n) is 10.1. The third-order valence-electron chi connectivity index (χ3n) is 2.32. The van der Waals surface area contributed by atoms with E-state index in [-0.39, 0.29) is 5.91 Å². The fraction of sp³-hybridized carbons (Fsp3) is 0.417. The third-order valence-corrected chi connectivity index (χ3v) is 4.14.